The minimum atomic E-state index is -0.827. The molecule has 0 saturated heterocycles. The largest absolute Gasteiger partial charge is 0.508 e. The quantitative estimate of drug-likeness (QED) is 0.638. The van der Waals surface area contributed by atoms with E-state index in [-0.39, 0.29) is 17.1 Å². The smallest absolute Gasteiger partial charge is 0.269 e. The number of rotatable bonds is 4. The van der Waals surface area contributed by atoms with Crippen molar-refractivity contribution in [3.63, 3.8) is 0 Å². The van der Waals surface area contributed by atoms with Gasteiger partial charge in [0.05, 0.1) is 11.6 Å². The summed E-state index contributed by atoms with van der Waals surface area (Å²) in [6.07, 6.45) is 0. The number of nitrogens with zero attached hydrogens (tertiary/aromatic N) is 1. The lowest BCUT2D eigenvalue weighted by Crippen LogP contribution is -2.39. The van der Waals surface area contributed by atoms with Crippen molar-refractivity contribution < 1.29 is 15.0 Å². The molecule has 21 heavy (non-hydrogen) atoms. The Morgan fingerprint density at radius 1 is 1.14 bits per heavy atom. The number of hydrogen-bond donors (Lipinski definition) is 4. The van der Waals surface area contributed by atoms with E-state index in [4.69, 9.17) is 5.26 Å². The molecule has 0 aliphatic heterocycles. The summed E-state index contributed by atoms with van der Waals surface area (Å²) in [7, 11) is 0. The van der Waals surface area contributed by atoms with Gasteiger partial charge in [-0.3, -0.25) is 10.2 Å². The van der Waals surface area contributed by atoms with Crippen LogP contribution in [0.2, 0.25) is 0 Å². The summed E-state index contributed by atoms with van der Waals surface area (Å²) in [5.41, 5.74) is 5.52. The number of carbonyl (C=O) groups excluding carboxylic acids is 1. The monoisotopic (exact) mass is 283 g/mol. The molecule has 0 heterocycles. The van der Waals surface area contributed by atoms with Crippen LogP contribution in [0, 0.1) is 11.3 Å². The summed E-state index contributed by atoms with van der Waals surface area (Å²) in [6.45, 7) is 0. The number of phenols is 2. The molecule has 6 nitrogen and oxygen atoms in total. The fourth-order valence-corrected chi connectivity index (χ4v) is 1.77. The van der Waals surface area contributed by atoms with E-state index in [1.807, 2.05) is 6.07 Å². The second kappa shape index (κ2) is 6.41. The van der Waals surface area contributed by atoms with Crippen molar-refractivity contribution in [2.75, 3.05) is 0 Å². The van der Waals surface area contributed by atoms with Crippen molar-refractivity contribution in [1.29, 1.82) is 5.26 Å². The van der Waals surface area contributed by atoms with Crippen molar-refractivity contribution in [2.24, 2.45) is 0 Å². The summed E-state index contributed by atoms with van der Waals surface area (Å²) >= 11 is 0. The lowest BCUT2D eigenvalue weighted by molar-refractivity contribution is 0.0926. The van der Waals surface area contributed by atoms with Crippen molar-refractivity contribution in [2.45, 2.75) is 6.04 Å². The second-order valence-corrected chi connectivity index (χ2v) is 4.27. The zero-order valence-corrected chi connectivity index (χ0v) is 10.9. The van der Waals surface area contributed by atoms with Crippen molar-refractivity contribution in [3.8, 4) is 17.6 Å². The zero-order valence-electron chi connectivity index (χ0n) is 10.9. The van der Waals surface area contributed by atoms with E-state index in [1.165, 1.54) is 24.3 Å². The van der Waals surface area contributed by atoms with Crippen molar-refractivity contribution in [1.82, 2.24) is 10.9 Å². The topological polar surface area (TPSA) is 105 Å². The average Bonchev–Trinajstić information content (AvgIpc) is 2.48. The van der Waals surface area contributed by atoms with Gasteiger partial charge in [0, 0.05) is 0 Å². The van der Waals surface area contributed by atoms with Crippen LogP contribution in [0.15, 0.2) is 48.5 Å². The highest BCUT2D eigenvalue weighted by atomic mass is 16.3. The van der Waals surface area contributed by atoms with Gasteiger partial charge in [0.25, 0.3) is 5.91 Å². The van der Waals surface area contributed by atoms with Gasteiger partial charge in [-0.25, -0.2) is 5.43 Å². The molecule has 0 bridgehead atoms. The first kappa shape index (κ1) is 14.4. The highest BCUT2D eigenvalue weighted by molar-refractivity contribution is 5.96. The fraction of sp³-hybridized carbons (Fsp3) is 0.0667. The molecule has 106 valence electrons. The lowest BCUT2D eigenvalue weighted by Gasteiger charge is -2.13. The normalized spacial score (nSPS) is 11.4. The van der Waals surface area contributed by atoms with Crippen LogP contribution >= 0.6 is 0 Å². The van der Waals surface area contributed by atoms with E-state index in [9.17, 15) is 15.0 Å². The predicted molar refractivity (Wildman–Crippen MR) is 75.2 cm³/mol. The summed E-state index contributed by atoms with van der Waals surface area (Å²) in [4.78, 5) is 11.9. The number of carbonyl (C=O) groups is 1. The van der Waals surface area contributed by atoms with Gasteiger partial charge >= 0.3 is 0 Å². The molecule has 2 rings (SSSR count). The molecule has 2 aromatic carbocycles. The lowest BCUT2D eigenvalue weighted by atomic mass is 10.1. The molecule has 0 radical (unpaired) electrons. The van der Waals surface area contributed by atoms with Gasteiger partial charge in [0.2, 0.25) is 0 Å². The van der Waals surface area contributed by atoms with Crippen molar-refractivity contribution in [3.05, 3.63) is 59.7 Å². The molecule has 6 heteroatoms. The van der Waals surface area contributed by atoms with E-state index < -0.39 is 11.9 Å². The third kappa shape index (κ3) is 3.49. The molecule has 0 unspecified atom stereocenters. The first-order chi connectivity index (χ1) is 10.1. The Kier molecular flexibility index (Phi) is 4.39. The molecular formula is C15H13N3O3. The number of benzene rings is 2. The molecule has 0 aromatic heterocycles. The molecule has 1 atom stereocenters. The minimum absolute atomic E-state index is 0.0292. The number of amides is 1. The van der Waals surface area contributed by atoms with E-state index in [0.717, 1.165) is 0 Å². The van der Waals surface area contributed by atoms with E-state index in [1.54, 1.807) is 24.3 Å². The maximum Gasteiger partial charge on any atom is 0.269 e. The molecule has 2 aromatic rings. The van der Waals surface area contributed by atoms with E-state index in [0.29, 0.717) is 5.56 Å². The first-order valence-electron chi connectivity index (χ1n) is 6.14. The molecule has 0 saturated carbocycles. The number of phenolic OH excluding ortho intramolecular Hbond substituents is 2. The van der Waals surface area contributed by atoms with Crippen LogP contribution < -0.4 is 10.9 Å². The maximum absolute atomic E-state index is 11.9. The third-order valence-electron chi connectivity index (χ3n) is 2.81. The molecule has 4 N–H and O–H groups in total. The van der Waals surface area contributed by atoms with Crippen LogP contribution in [-0.2, 0) is 0 Å². The summed E-state index contributed by atoms with van der Waals surface area (Å²) in [6, 6.07) is 13.4. The molecule has 0 aliphatic carbocycles. The zero-order chi connectivity index (χ0) is 15.2. The molecule has 0 spiro atoms. The molecule has 0 fully saturated rings. The highest BCUT2D eigenvalue weighted by Gasteiger charge is 2.14. The number of aromatic hydroxyl groups is 2. The molecule has 1 amide bonds. The van der Waals surface area contributed by atoms with Crippen LogP contribution in [0.5, 0.6) is 11.5 Å². The van der Waals surface area contributed by atoms with E-state index >= 15 is 0 Å². The van der Waals surface area contributed by atoms with Gasteiger partial charge in [-0.15, -0.1) is 0 Å². The van der Waals surface area contributed by atoms with Crippen LogP contribution in [-0.4, -0.2) is 16.1 Å². The summed E-state index contributed by atoms with van der Waals surface area (Å²) in [5.74, 6) is -0.683. The number of hydrogen-bond acceptors (Lipinski definition) is 5. The van der Waals surface area contributed by atoms with Gasteiger partial charge in [-0.2, -0.15) is 5.26 Å². The number of nitriles is 1. The Morgan fingerprint density at radius 2 is 1.90 bits per heavy atom. The van der Waals surface area contributed by atoms with Gasteiger partial charge in [0.1, 0.15) is 17.5 Å². The Bertz CT molecular complexity index is 695. The van der Waals surface area contributed by atoms with Crippen LogP contribution in [0.3, 0.4) is 0 Å². The number of nitrogens with one attached hydrogen (secondary N) is 2. The van der Waals surface area contributed by atoms with Gasteiger partial charge in [0.15, 0.2) is 0 Å². The van der Waals surface area contributed by atoms with Crippen LogP contribution in [0.25, 0.3) is 0 Å². The summed E-state index contributed by atoms with van der Waals surface area (Å²) in [5, 5.41) is 28.1. The summed E-state index contributed by atoms with van der Waals surface area (Å²) < 4.78 is 0. The maximum atomic E-state index is 11.9. The van der Waals surface area contributed by atoms with Gasteiger partial charge < -0.3 is 10.2 Å². The Morgan fingerprint density at radius 3 is 2.57 bits per heavy atom. The minimum Gasteiger partial charge on any atom is -0.508 e. The van der Waals surface area contributed by atoms with Gasteiger partial charge in [-0.1, -0.05) is 24.3 Å². The SMILES string of the molecule is N#C[C@H](NNC(=O)c1ccccc1O)c1cccc(O)c1. The Hall–Kier alpha value is -3.04. The number of hydrazine groups is 1. The first-order valence-corrected chi connectivity index (χ1v) is 6.14. The van der Waals surface area contributed by atoms with E-state index in [2.05, 4.69) is 10.9 Å². The fourth-order valence-electron chi connectivity index (χ4n) is 1.77. The number of para-hydroxylation sites is 1. The van der Waals surface area contributed by atoms with Crippen LogP contribution in [0.1, 0.15) is 22.0 Å². The average molecular weight is 283 g/mol. The predicted octanol–water partition coefficient (Wildman–Crippen LogP) is 1.60. The highest BCUT2D eigenvalue weighted by Crippen LogP contribution is 2.18. The standard InChI is InChI=1S/C15H13N3O3/c16-9-13(10-4-3-5-11(19)8-10)17-18-15(21)12-6-1-2-7-14(12)20/h1-8,13,17,19-20H,(H,18,21)/t13-/m0/s1. The second-order valence-electron chi connectivity index (χ2n) is 4.27. The molecule has 0 aliphatic rings. The Labute approximate surface area is 121 Å². The van der Waals surface area contributed by atoms with Gasteiger partial charge in [-0.05, 0) is 29.8 Å². The molecular weight excluding hydrogens is 270 g/mol. The third-order valence-corrected chi connectivity index (χ3v) is 2.81. The van der Waals surface area contributed by atoms with Crippen LogP contribution in [0.4, 0.5) is 0 Å². The van der Waals surface area contributed by atoms with Crippen molar-refractivity contribution >= 4 is 5.91 Å². The Balaban J connectivity index is 2.06.